The highest BCUT2D eigenvalue weighted by atomic mass is 16.4. The fourth-order valence-corrected chi connectivity index (χ4v) is 3.28. The molecule has 1 aromatic heterocycles. The number of amides is 1. The molecule has 2 N–H and O–H groups in total. The van der Waals surface area contributed by atoms with E-state index < -0.39 is 11.9 Å². The number of nitrogens with one attached hydrogen (secondary N) is 1. The zero-order chi connectivity index (χ0) is 17.8. The van der Waals surface area contributed by atoms with E-state index in [0.717, 1.165) is 30.5 Å². The third-order valence-corrected chi connectivity index (χ3v) is 4.64. The molecule has 7 heteroatoms. The number of benzene rings is 1. The fraction of sp³-hybridized carbons (Fsp3) is 0.444. The second kappa shape index (κ2) is 7.46. The van der Waals surface area contributed by atoms with Gasteiger partial charge in [0.25, 0.3) is 5.91 Å². The summed E-state index contributed by atoms with van der Waals surface area (Å²) in [5, 5.41) is 20.2. The molecule has 0 aliphatic heterocycles. The predicted molar refractivity (Wildman–Crippen MR) is 91.6 cm³/mol. The molecule has 2 aromatic rings. The standard InChI is InChI=1S/C18H22N4O3/c1-12-6-5-7-13(10-12)22-11-16(20-21-22)17(23)19-15-9-4-2-3-8-14(15)18(24)25/h5-7,10-11,14-15H,2-4,8-9H2,1H3,(H,19,23)(H,24,25)/t14-,15+/m1/s1. The quantitative estimate of drug-likeness (QED) is 0.831. The molecular weight excluding hydrogens is 320 g/mol. The maximum Gasteiger partial charge on any atom is 0.308 e. The Balaban J connectivity index is 1.74. The third-order valence-electron chi connectivity index (χ3n) is 4.64. The Labute approximate surface area is 146 Å². The molecule has 2 atom stereocenters. The lowest BCUT2D eigenvalue weighted by atomic mass is 9.95. The normalized spacial score (nSPS) is 20.7. The molecule has 0 unspecified atom stereocenters. The summed E-state index contributed by atoms with van der Waals surface area (Å²) in [5.74, 6) is -1.77. The molecule has 1 fully saturated rings. The minimum atomic E-state index is -0.851. The molecule has 0 bridgehead atoms. The number of aliphatic carboxylic acids is 1. The van der Waals surface area contributed by atoms with E-state index in [1.165, 1.54) is 0 Å². The summed E-state index contributed by atoms with van der Waals surface area (Å²) in [4.78, 5) is 24.0. The Kier molecular flexibility index (Phi) is 5.11. The van der Waals surface area contributed by atoms with Crippen LogP contribution in [0.15, 0.2) is 30.5 Å². The first-order valence-electron chi connectivity index (χ1n) is 8.57. The SMILES string of the molecule is Cc1cccc(-n2cc(C(=O)N[C@H]3CCCCC[C@H]3C(=O)O)nn2)c1. The number of rotatable bonds is 4. The van der Waals surface area contributed by atoms with E-state index in [2.05, 4.69) is 15.6 Å². The minimum absolute atomic E-state index is 0.190. The van der Waals surface area contributed by atoms with Gasteiger partial charge in [-0.2, -0.15) is 0 Å². The van der Waals surface area contributed by atoms with Crippen molar-refractivity contribution in [1.29, 1.82) is 0 Å². The van der Waals surface area contributed by atoms with E-state index >= 15 is 0 Å². The number of carbonyl (C=O) groups excluding carboxylic acids is 1. The summed E-state index contributed by atoms with van der Waals surface area (Å²) in [6, 6.07) is 7.36. The molecule has 1 amide bonds. The fourth-order valence-electron chi connectivity index (χ4n) is 3.28. The molecule has 132 valence electrons. The number of aryl methyl sites for hydroxylation is 1. The lowest BCUT2D eigenvalue weighted by molar-refractivity contribution is -0.142. The van der Waals surface area contributed by atoms with Gasteiger partial charge in [0, 0.05) is 6.04 Å². The average Bonchev–Trinajstić information content (AvgIpc) is 2.96. The van der Waals surface area contributed by atoms with E-state index in [4.69, 9.17) is 0 Å². The van der Waals surface area contributed by atoms with Crippen LogP contribution in [0.4, 0.5) is 0 Å². The molecule has 3 rings (SSSR count). The average molecular weight is 342 g/mol. The molecule has 1 saturated carbocycles. The number of aromatic nitrogens is 3. The zero-order valence-electron chi connectivity index (χ0n) is 14.2. The van der Waals surface area contributed by atoms with Gasteiger partial charge >= 0.3 is 5.97 Å². The van der Waals surface area contributed by atoms with Gasteiger partial charge in [-0.05, 0) is 37.5 Å². The van der Waals surface area contributed by atoms with Crippen molar-refractivity contribution in [2.45, 2.75) is 45.1 Å². The van der Waals surface area contributed by atoms with Crippen molar-refractivity contribution < 1.29 is 14.7 Å². The van der Waals surface area contributed by atoms with Crippen LogP contribution in [0.5, 0.6) is 0 Å². The van der Waals surface area contributed by atoms with Gasteiger partial charge in [-0.1, -0.05) is 36.6 Å². The van der Waals surface area contributed by atoms with Gasteiger partial charge in [-0.25, -0.2) is 4.68 Å². The molecule has 0 saturated heterocycles. The lowest BCUT2D eigenvalue weighted by Crippen LogP contribution is -2.43. The molecular formula is C18H22N4O3. The van der Waals surface area contributed by atoms with Crippen molar-refractivity contribution in [3.63, 3.8) is 0 Å². The lowest BCUT2D eigenvalue weighted by Gasteiger charge is -2.22. The highest BCUT2D eigenvalue weighted by molar-refractivity contribution is 5.92. The predicted octanol–water partition coefficient (Wildman–Crippen LogP) is 2.34. The van der Waals surface area contributed by atoms with Gasteiger partial charge in [0.15, 0.2) is 5.69 Å². The number of carboxylic acid groups (broad SMARTS) is 1. The molecule has 0 radical (unpaired) electrons. The first-order valence-corrected chi connectivity index (χ1v) is 8.57. The van der Waals surface area contributed by atoms with Crippen LogP contribution in [0.2, 0.25) is 0 Å². The van der Waals surface area contributed by atoms with E-state index in [0.29, 0.717) is 12.8 Å². The van der Waals surface area contributed by atoms with Gasteiger partial charge in [0.05, 0.1) is 17.8 Å². The van der Waals surface area contributed by atoms with Crippen molar-refractivity contribution in [3.05, 3.63) is 41.7 Å². The van der Waals surface area contributed by atoms with Crippen molar-refractivity contribution in [2.75, 3.05) is 0 Å². The number of carbonyl (C=O) groups is 2. The second-order valence-corrected chi connectivity index (χ2v) is 6.55. The summed E-state index contributed by atoms with van der Waals surface area (Å²) < 4.78 is 1.55. The maximum atomic E-state index is 12.5. The molecule has 7 nitrogen and oxygen atoms in total. The van der Waals surface area contributed by atoms with Gasteiger partial charge in [0.1, 0.15) is 0 Å². The zero-order valence-corrected chi connectivity index (χ0v) is 14.2. The highest BCUT2D eigenvalue weighted by Crippen LogP contribution is 2.24. The van der Waals surface area contributed by atoms with E-state index in [9.17, 15) is 14.7 Å². The van der Waals surface area contributed by atoms with Crippen LogP contribution < -0.4 is 5.32 Å². The summed E-state index contributed by atoms with van der Waals surface area (Å²) in [6.07, 6.45) is 5.64. The highest BCUT2D eigenvalue weighted by Gasteiger charge is 2.31. The number of nitrogens with zero attached hydrogens (tertiary/aromatic N) is 3. The van der Waals surface area contributed by atoms with Crippen molar-refractivity contribution in [1.82, 2.24) is 20.3 Å². The molecule has 1 heterocycles. The van der Waals surface area contributed by atoms with Crippen molar-refractivity contribution in [3.8, 4) is 5.69 Å². The van der Waals surface area contributed by atoms with Gasteiger partial charge in [-0.3, -0.25) is 9.59 Å². The number of hydrogen-bond donors (Lipinski definition) is 2. The monoisotopic (exact) mass is 342 g/mol. The van der Waals surface area contributed by atoms with Crippen LogP contribution in [0, 0.1) is 12.8 Å². The van der Waals surface area contributed by atoms with Gasteiger partial charge in [-0.15, -0.1) is 5.10 Å². The van der Waals surface area contributed by atoms with Gasteiger partial charge < -0.3 is 10.4 Å². The van der Waals surface area contributed by atoms with Crippen LogP contribution in [0.25, 0.3) is 5.69 Å². The first kappa shape index (κ1) is 17.1. The summed E-state index contributed by atoms with van der Waals surface area (Å²) >= 11 is 0. The molecule has 1 aromatic carbocycles. The Bertz CT molecular complexity index is 771. The van der Waals surface area contributed by atoms with Crippen LogP contribution in [-0.4, -0.2) is 38.0 Å². The Hall–Kier alpha value is -2.70. The number of hydrogen-bond acceptors (Lipinski definition) is 4. The van der Waals surface area contributed by atoms with Crippen LogP contribution >= 0.6 is 0 Å². The minimum Gasteiger partial charge on any atom is -0.481 e. The summed E-state index contributed by atoms with van der Waals surface area (Å²) in [6.45, 7) is 1.98. The smallest absolute Gasteiger partial charge is 0.308 e. The molecule has 0 spiro atoms. The van der Waals surface area contributed by atoms with Crippen LogP contribution in [0.1, 0.15) is 48.2 Å². The van der Waals surface area contributed by atoms with Crippen LogP contribution in [0.3, 0.4) is 0 Å². The Morgan fingerprint density at radius 1 is 1.24 bits per heavy atom. The van der Waals surface area contributed by atoms with Crippen LogP contribution in [-0.2, 0) is 4.79 Å². The second-order valence-electron chi connectivity index (χ2n) is 6.55. The first-order chi connectivity index (χ1) is 12.0. The summed E-state index contributed by atoms with van der Waals surface area (Å²) in [5.41, 5.74) is 2.10. The topological polar surface area (TPSA) is 97.1 Å². The summed E-state index contributed by atoms with van der Waals surface area (Å²) in [7, 11) is 0. The molecule has 25 heavy (non-hydrogen) atoms. The Morgan fingerprint density at radius 3 is 2.80 bits per heavy atom. The molecule has 1 aliphatic rings. The Morgan fingerprint density at radius 2 is 2.04 bits per heavy atom. The van der Waals surface area contributed by atoms with E-state index in [-0.39, 0.29) is 17.6 Å². The number of carboxylic acids is 1. The van der Waals surface area contributed by atoms with Crippen molar-refractivity contribution in [2.24, 2.45) is 5.92 Å². The molecule has 1 aliphatic carbocycles. The van der Waals surface area contributed by atoms with E-state index in [1.807, 2.05) is 31.2 Å². The maximum absolute atomic E-state index is 12.5. The van der Waals surface area contributed by atoms with Crippen molar-refractivity contribution >= 4 is 11.9 Å². The van der Waals surface area contributed by atoms with E-state index in [1.54, 1.807) is 10.9 Å². The third kappa shape index (κ3) is 4.04. The largest absolute Gasteiger partial charge is 0.481 e. The van der Waals surface area contributed by atoms with Gasteiger partial charge in [0.2, 0.25) is 0 Å².